The Hall–Kier alpha value is -2.87. The Morgan fingerprint density at radius 2 is 2.27 bits per heavy atom. The van der Waals surface area contributed by atoms with Gasteiger partial charge in [0.1, 0.15) is 5.69 Å². The molecule has 0 saturated carbocycles. The molecule has 8 nitrogen and oxygen atoms in total. The summed E-state index contributed by atoms with van der Waals surface area (Å²) >= 11 is 0. The molecular weight excluding hydrogens is 338 g/mol. The maximum Gasteiger partial charge on any atom is 0.337 e. The first-order valence-electron chi connectivity index (χ1n) is 8.39. The Labute approximate surface area is 150 Å². The summed E-state index contributed by atoms with van der Waals surface area (Å²) in [6.45, 7) is 3.04. The van der Waals surface area contributed by atoms with Crippen LogP contribution in [0.2, 0.25) is 0 Å². The second-order valence-electron chi connectivity index (χ2n) is 5.97. The van der Waals surface area contributed by atoms with Crippen molar-refractivity contribution >= 4 is 11.9 Å². The molecule has 2 aromatic heterocycles. The molecule has 26 heavy (non-hydrogen) atoms. The van der Waals surface area contributed by atoms with E-state index >= 15 is 0 Å². The number of aromatic nitrogens is 2. The van der Waals surface area contributed by atoms with Gasteiger partial charge >= 0.3 is 5.97 Å². The fourth-order valence-corrected chi connectivity index (χ4v) is 3.07. The number of pyridine rings is 1. The summed E-state index contributed by atoms with van der Waals surface area (Å²) in [5.74, 6) is -0.880. The van der Waals surface area contributed by atoms with Crippen molar-refractivity contribution in [3.8, 4) is 5.88 Å². The van der Waals surface area contributed by atoms with Gasteiger partial charge in [-0.25, -0.2) is 9.78 Å². The van der Waals surface area contributed by atoms with Crippen molar-refractivity contribution in [2.75, 3.05) is 13.7 Å². The number of nitrogens with one attached hydrogen (secondary N) is 1. The Morgan fingerprint density at radius 3 is 2.88 bits per heavy atom. The SMILES string of the molecule is CC[C@@H](NC(=O)c1cc(C(=O)O)c2n1CCOC2)c1ccc(OC)nc1. The molecule has 138 valence electrons. The van der Waals surface area contributed by atoms with Crippen LogP contribution in [0, 0.1) is 0 Å². The lowest BCUT2D eigenvalue weighted by molar-refractivity contribution is 0.0656. The molecule has 0 aliphatic carbocycles. The number of hydrogen-bond acceptors (Lipinski definition) is 5. The van der Waals surface area contributed by atoms with Gasteiger partial charge in [-0.3, -0.25) is 4.79 Å². The van der Waals surface area contributed by atoms with Gasteiger partial charge < -0.3 is 24.5 Å². The number of carboxylic acids is 1. The minimum Gasteiger partial charge on any atom is -0.481 e. The van der Waals surface area contributed by atoms with E-state index in [0.717, 1.165) is 5.56 Å². The summed E-state index contributed by atoms with van der Waals surface area (Å²) in [6.07, 6.45) is 2.33. The van der Waals surface area contributed by atoms with Gasteiger partial charge in [0.15, 0.2) is 0 Å². The van der Waals surface area contributed by atoms with E-state index in [2.05, 4.69) is 10.3 Å². The zero-order valence-electron chi connectivity index (χ0n) is 14.7. The second kappa shape index (κ2) is 7.57. The maximum absolute atomic E-state index is 12.8. The molecule has 0 aromatic carbocycles. The highest BCUT2D eigenvalue weighted by molar-refractivity contribution is 5.98. The largest absolute Gasteiger partial charge is 0.481 e. The average molecular weight is 359 g/mol. The van der Waals surface area contributed by atoms with Gasteiger partial charge in [0.05, 0.1) is 37.6 Å². The number of carbonyl (C=O) groups excluding carboxylic acids is 1. The van der Waals surface area contributed by atoms with Crippen LogP contribution in [0.1, 0.15) is 51.5 Å². The summed E-state index contributed by atoms with van der Waals surface area (Å²) in [5, 5.41) is 12.3. The van der Waals surface area contributed by atoms with Gasteiger partial charge in [0.25, 0.3) is 5.91 Å². The molecular formula is C18H21N3O5. The molecule has 0 spiro atoms. The molecule has 0 saturated heterocycles. The molecule has 3 rings (SSSR count). The minimum atomic E-state index is -1.07. The number of hydrogen-bond donors (Lipinski definition) is 2. The predicted molar refractivity (Wildman–Crippen MR) is 92.3 cm³/mol. The van der Waals surface area contributed by atoms with Crippen LogP contribution in [0.5, 0.6) is 5.88 Å². The van der Waals surface area contributed by atoms with Gasteiger partial charge in [-0.1, -0.05) is 13.0 Å². The Morgan fingerprint density at radius 1 is 1.46 bits per heavy atom. The Bertz CT molecular complexity index is 813. The minimum absolute atomic E-state index is 0.106. The predicted octanol–water partition coefficient (Wildman–Crippen LogP) is 2.00. The fraction of sp³-hybridized carbons (Fsp3) is 0.389. The molecule has 0 bridgehead atoms. The van der Waals surface area contributed by atoms with E-state index in [1.807, 2.05) is 13.0 Å². The molecule has 1 aliphatic rings. The lowest BCUT2D eigenvalue weighted by Crippen LogP contribution is -2.31. The first-order valence-corrected chi connectivity index (χ1v) is 8.39. The molecule has 0 unspecified atom stereocenters. The quantitative estimate of drug-likeness (QED) is 0.818. The van der Waals surface area contributed by atoms with E-state index in [1.165, 1.54) is 6.07 Å². The second-order valence-corrected chi connectivity index (χ2v) is 5.97. The Kier molecular flexibility index (Phi) is 5.22. The van der Waals surface area contributed by atoms with E-state index < -0.39 is 5.97 Å². The van der Waals surface area contributed by atoms with Gasteiger partial charge in [-0.15, -0.1) is 0 Å². The third kappa shape index (κ3) is 3.41. The molecule has 3 heterocycles. The zero-order valence-corrected chi connectivity index (χ0v) is 14.7. The smallest absolute Gasteiger partial charge is 0.337 e. The molecule has 2 aromatic rings. The normalized spacial score (nSPS) is 14.4. The molecule has 1 atom stereocenters. The Balaban J connectivity index is 1.85. The van der Waals surface area contributed by atoms with Crippen LogP contribution in [0.15, 0.2) is 24.4 Å². The van der Waals surface area contributed by atoms with E-state index in [9.17, 15) is 14.7 Å². The number of methoxy groups -OCH3 is 1. The molecule has 0 fully saturated rings. The number of fused-ring (bicyclic) bond motifs is 1. The number of aromatic carboxylic acids is 1. The zero-order chi connectivity index (χ0) is 18.7. The summed E-state index contributed by atoms with van der Waals surface area (Å²) in [7, 11) is 1.54. The van der Waals surface area contributed by atoms with Crippen molar-refractivity contribution in [2.45, 2.75) is 32.5 Å². The molecule has 0 radical (unpaired) electrons. The van der Waals surface area contributed by atoms with Gasteiger partial charge in [-0.05, 0) is 18.1 Å². The third-order valence-corrected chi connectivity index (χ3v) is 4.45. The number of carbonyl (C=O) groups is 2. The van der Waals surface area contributed by atoms with Crippen LogP contribution in [-0.4, -0.2) is 40.3 Å². The molecule has 1 aliphatic heterocycles. The number of rotatable bonds is 6. The summed E-state index contributed by atoms with van der Waals surface area (Å²) in [5.41, 5.74) is 1.82. The van der Waals surface area contributed by atoms with Crippen LogP contribution in [0.4, 0.5) is 0 Å². The van der Waals surface area contributed by atoms with E-state index in [-0.39, 0.29) is 24.1 Å². The number of carboxylic acid groups (broad SMARTS) is 1. The standard InChI is InChI=1S/C18H21N3O5/c1-3-13(11-4-5-16(25-2)19-9-11)20-17(22)14-8-12(18(23)24)15-10-26-7-6-21(14)15/h4-5,8-9,13H,3,6-7,10H2,1-2H3,(H,20,22)(H,23,24)/t13-/m1/s1. The van der Waals surface area contributed by atoms with Crippen molar-refractivity contribution in [3.63, 3.8) is 0 Å². The van der Waals surface area contributed by atoms with E-state index in [0.29, 0.717) is 36.8 Å². The first-order chi connectivity index (χ1) is 12.5. The topological polar surface area (TPSA) is 103 Å². The summed E-state index contributed by atoms with van der Waals surface area (Å²) in [6, 6.07) is 4.77. The highest BCUT2D eigenvalue weighted by Crippen LogP contribution is 2.23. The van der Waals surface area contributed by atoms with Crippen molar-refractivity contribution in [1.29, 1.82) is 0 Å². The van der Waals surface area contributed by atoms with Gasteiger partial charge in [-0.2, -0.15) is 0 Å². The summed E-state index contributed by atoms with van der Waals surface area (Å²) < 4.78 is 12.1. The van der Waals surface area contributed by atoms with Crippen LogP contribution in [0.3, 0.4) is 0 Å². The average Bonchev–Trinajstić information content (AvgIpc) is 3.06. The monoisotopic (exact) mass is 359 g/mol. The van der Waals surface area contributed by atoms with Gasteiger partial charge in [0.2, 0.25) is 5.88 Å². The fourth-order valence-electron chi connectivity index (χ4n) is 3.07. The third-order valence-electron chi connectivity index (χ3n) is 4.45. The maximum atomic E-state index is 12.8. The number of amides is 1. The van der Waals surface area contributed by atoms with Crippen molar-refractivity contribution in [3.05, 3.63) is 46.9 Å². The van der Waals surface area contributed by atoms with E-state index in [4.69, 9.17) is 9.47 Å². The van der Waals surface area contributed by atoms with E-state index in [1.54, 1.807) is 23.9 Å². The van der Waals surface area contributed by atoms with Crippen LogP contribution in [-0.2, 0) is 17.9 Å². The lowest BCUT2D eigenvalue weighted by Gasteiger charge is -2.21. The highest BCUT2D eigenvalue weighted by Gasteiger charge is 2.26. The number of nitrogens with zero attached hydrogens (tertiary/aromatic N) is 2. The lowest BCUT2D eigenvalue weighted by atomic mass is 10.1. The van der Waals surface area contributed by atoms with Crippen molar-refractivity contribution in [1.82, 2.24) is 14.9 Å². The first kappa shape index (κ1) is 17.9. The van der Waals surface area contributed by atoms with Gasteiger partial charge in [0, 0.05) is 18.8 Å². The highest BCUT2D eigenvalue weighted by atomic mass is 16.5. The molecule has 8 heteroatoms. The molecule has 2 N–H and O–H groups in total. The molecule has 1 amide bonds. The number of ether oxygens (including phenoxy) is 2. The van der Waals surface area contributed by atoms with Crippen LogP contribution in [0.25, 0.3) is 0 Å². The van der Waals surface area contributed by atoms with Crippen molar-refractivity contribution in [2.24, 2.45) is 0 Å². The van der Waals surface area contributed by atoms with Crippen molar-refractivity contribution < 1.29 is 24.2 Å². The van der Waals surface area contributed by atoms with Crippen LogP contribution < -0.4 is 10.1 Å². The van der Waals surface area contributed by atoms with Crippen LogP contribution >= 0.6 is 0 Å². The summed E-state index contributed by atoms with van der Waals surface area (Å²) in [4.78, 5) is 28.4.